The van der Waals surface area contributed by atoms with Gasteiger partial charge in [0, 0.05) is 6.54 Å². The lowest BCUT2D eigenvalue weighted by Crippen LogP contribution is -2.52. The van der Waals surface area contributed by atoms with E-state index >= 15 is 0 Å². The molecule has 5 rings (SSSR count). The van der Waals surface area contributed by atoms with Gasteiger partial charge in [0.25, 0.3) is 10.0 Å². The molecule has 1 fully saturated rings. The van der Waals surface area contributed by atoms with Crippen LogP contribution in [-0.2, 0) is 21.4 Å². The number of hydrogen-bond donors (Lipinski definition) is 0. The van der Waals surface area contributed by atoms with Crippen molar-refractivity contribution in [1.29, 1.82) is 0 Å². The van der Waals surface area contributed by atoms with Gasteiger partial charge in [0.2, 0.25) is 5.91 Å². The largest absolute Gasteiger partial charge is 0.494 e. The Morgan fingerprint density at radius 1 is 1.11 bits per heavy atom. The van der Waals surface area contributed by atoms with Gasteiger partial charge in [-0.3, -0.25) is 9.69 Å². The van der Waals surface area contributed by atoms with Crippen LogP contribution in [0, 0.1) is 0 Å². The van der Waals surface area contributed by atoms with Crippen LogP contribution in [0.3, 0.4) is 0 Å². The van der Waals surface area contributed by atoms with E-state index in [4.69, 9.17) is 32.9 Å². The van der Waals surface area contributed by atoms with Crippen molar-refractivity contribution in [3.63, 3.8) is 0 Å². The van der Waals surface area contributed by atoms with Crippen molar-refractivity contribution < 1.29 is 17.9 Å². The molecule has 37 heavy (non-hydrogen) atoms. The number of carbonyl (C=O) groups excluding carboxylic acids is 1. The molecule has 1 atom stereocenters. The SMILES string of the molecule is COc1ccc(Cl)c2sc(N(Cc3ccccc3)C(=O)C3CCCCN3S(=O)(=O)c3ccc(Cl)s3)nc12. The van der Waals surface area contributed by atoms with Crippen LogP contribution in [0.2, 0.25) is 9.36 Å². The van der Waals surface area contributed by atoms with E-state index in [-0.39, 0.29) is 23.2 Å². The summed E-state index contributed by atoms with van der Waals surface area (Å²) < 4.78 is 35.1. The van der Waals surface area contributed by atoms with Crippen LogP contribution in [0.25, 0.3) is 10.2 Å². The first kappa shape index (κ1) is 26.4. The first-order chi connectivity index (χ1) is 17.8. The van der Waals surface area contributed by atoms with Gasteiger partial charge in [0.05, 0.1) is 27.7 Å². The summed E-state index contributed by atoms with van der Waals surface area (Å²) in [7, 11) is -2.35. The molecule has 0 bridgehead atoms. The van der Waals surface area contributed by atoms with Crippen molar-refractivity contribution in [2.75, 3.05) is 18.6 Å². The first-order valence-electron chi connectivity index (χ1n) is 11.5. The molecule has 12 heteroatoms. The molecule has 194 valence electrons. The number of thiophene rings is 1. The van der Waals surface area contributed by atoms with Crippen LogP contribution >= 0.6 is 45.9 Å². The Labute approximate surface area is 233 Å². The minimum atomic E-state index is -3.90. The second kappa shape index (κ2) is 10.9. The van der Waals surface area contributed by atoms with Crippen LogP contribution in [0.1, 0.15) is 24.8 Å². The molecule has 0 aliphatic carbocycles. The molecule has 1 aliphatic heterocycles. The molecule has 0 spiro atoms. The molecule has 1 aliphatic rings. The monoisotopic (exact) mass is 595 g/mol. The summed E-state index contributed by atoms with van der Waals surface area (Å²) in [6, 6.07) is 15.2. The predicted octanol–water partition coefficient (Wildman–Crippen LogP) is 6.45. The maximum atomic E-state index is 14.2. The van der Waals surface area contributed by atoms with E-state index in [0.717, 1.165) is 23.3 Å². The summed E-state index contributed by atoms with van der Waals surface area (Å²) in [4.78, 5) is 20.5. The molecular formula is C25H23Cl2N3O4S3. The second-order valence-electron chi connectivity index (χ2n) is 8.52. The van der Waals surface area contributed by atoms with E-state index < -0.39 is 16.1 Å². The number of anilines is 1. The molecule has 1 saturated heterocycles. The Morgan fingerprint density at radius 2 is 1.89 bits per heavy atom. The Bertz CT molecular complexity index is 1540. The zero-order valence-corrected chi connectivity index (χ0v) is 23.7. The molecule has 0 saturated carbocycles. The fourth-order valence-electron chi connectivity index (χ4n) is 4.40. The summed E-state index contributed by atoms with van der Waals surface area (Å²) in [6.45, 7) is 0.488. The lowest BCUT2D eigenvalue weighted by atomic mass is 10.0. The minimum absolute atomic E-state index is 0.128. The van der Waals surface area contributed by atoms with Gasteiger partial charge in [-0.25, -0.2) is 13.4 Å². The fourth-order valence-corrected chi connectivity index (χ4v) is 8.92. The van der Waals surface area contributed by atoms with Crippen LogP contribution in [-0.4, -0.2) is 43.3 Å². The van der Waals surface area contributed by atoms with Crippen LogP contribution < -0.4 is 9.64 Å². The van der Waals surface area contributed by atoms with Gasteiger partial charge in [0.15, 0.2) is 5.13 Å². The van der Waals surface area contributed by atoms with Gasteiger partial charge in [-0.2, -0.15) is 4.31 Å². The maximum absolute atomic E-state index is 14.2. The fraction of sp³-hybridized carbons (Fsp3) is 0.280. The summed E-state index contributed by atoms with van der Waals surface area (Å²) in [5, 5.41) is 0.931. The van der Waals surface area contributed by atoms with Gasteiger partial charge < -0.3 is 4.74 Å². The van der Waals surface area contributed by atoms with Crippen molar-refractivity contribution in [3.8, 4) is 5.75 Å². The smallest absolute Gasteiger partial charge is 0.253 e. The first-order valence-corrected chi connectivity index (χ1v) is 15.4. The number of aromatic nitrogens is 1. The molecule has 7 nitrogen and oxygen atoms in total. The van der Waals surface area contributed by atoms with Crippen molar-refractivity contribution in [1.82, 2.24) is 9.29 Å². The Kier molecular flexibility index (Phi) is 7.76. The van der Waals surface area contributed by atoms with Gasteiger partial charge >= 0.3 is 0 Å². The molecule has 4 aromatic rings. The molecule has 0 radical (unpaired) electrons. The van der Waals surface area contributed by atoms with Crippen molar-refractivity contribution in [2.24, 2.45) is 0 Å². The van der Waals surface area contributed by atoms with E-state index in [1.807, 2.05) is 30.3 Å². The number of carbonyl (C=O) groups is 1. The predicted molar refractivity (Wildman–Crippen MR) is 150 cm³/mol. The Morgan fingerprint density at radius 3 is 2.59 bits per heavy atom. The number of ether oxygens (including phenoxy) is 1. The number of rotatable bonds is 7. The quantitative estimate of drug-likeness (QED) is 0.245. The van der Waals surface area contributed by atoms with Crippen molar-refractivity contribution >= 4 is 77.2 Å². The second-order valence-corrected chi connectivity index (χ2v) is 13.7. The summed E-state index contributed by atoms with van der Waals surface area (Å²) in [5.74, 6) is 0.217. The third-order valence-corrected chi connectivity index (χ3v) is 11.3. The third kappa shape index (κ3) is 5.23. The van der Waals surface area contributed by atoms with Crippen LogP contribution in [0.15, 0.2) is 58.8 Å². The molecule has 2 aromatic heterocycles. The van der Waals surface area contributed by atoms with E-state index in [0.29, 0.717) is 43.3 Å². The molecule has 0 N–H and O–H groups in total. The number of thiazole rings is 1. The average molecular weight is 597 g/mol. The number of piperidine rings is 1. The standard InChI is InChI=1S/C25H23Cl2N3O4S3/c1-34-19-11-10-17(26)23-22(19)28-25(36-23)29(15-16-7-3-2-4-8-16)24(31)18-9-5-6-14-30(18)37(32,33)21-13-12-20(27)35-21/h2-4,7-8,10-13,18H,5-6,9,14-15H2,1H3. The minimum Gasteiger partial charge on any atom is -0.494 e. The lowest BCUT2D eigenvalue weighted by molar-refractivity contribution is -0.123. The number of amides is 1. The molecule has 2 aromatic carbocycles. The van der Waals surface area contributed by atoms with E-state index in [1.165, 1.54) is 21.7 Å². The topological polar surface area (TPSA) is 79.8 Å². The maximum Gasteiger partial charge on any atom is 0.253 e. The average Bonchev–Trinajstić information content (AvgIpc) is 3.56. The van der Waals surface area contributed by atoms with E-state index in [2.05, 4.69) is 0 Å². The summed E-state index contributed by atoms with van der Waals surface area (Å²) >= 11 is 14.8. The summed E-state index contributed by atoms with van der Waals surface area (Å²) in [6.07, 6.45) is 1.83. The van der Waals surface area contributed by atoms with Gasteiger partial charge in [-0.15, -0.1) is 11.3 Å². The zero-order chi connectivity index (χ0) is 26.2. The Hall–Kier alpha value is -2.21. The number of sulfonamides is 1. The molecular weight excluding hydrogens is 573 g/mol. The highest BCUT2D eigenvalue weighted by molar-refractivity contribution is 7.91. The number of hydrogen-bond acceptors (Lipinski definition) is 7. The van der Waals surface area contributed by atoms with Crippen LogP contribution in [0.4, 0.5) is 5.13 Å². The van der Waals surface area contributed by atoms with Crippen molar-refractivity contribution in [3.05, 3.63) is 69.5 Å². The zero-order valence-electron chi connectivity index (χ0n) is 19.8. The summed E-state index contributed by atoms with van der Waals surface area (Å²) in [5.41, 5.74) is 1.45. The van der Waals surface area contributed by atoms with E-state index in [1.54, 1.807) is 30.2 Å². The van der Waals surface area contributed by atoms with Crippen LogP contribution in [0.5, 0.6) is 5.75 Å². The van der Waals surface area contributed by atoms with E-state index in [9.17, 15) is 13.2 Å². The number of methoxy groups -OCH3 is 1. The highest BCUT2D eigenvalue weighted by Gasteiger charge is 2.41. The molecule has 1 unspecified atom stereocenters. The number of nitrogens with zero attached hydrogens (tertiary/aromatic N) is 3. The molecule has 3 heterocycles. The highest BCUT2D eigenvalue weighted by atomic mass is 35.5. The number of halogens is 2. The third-order valence-electron chi connectivity index (χ3n) is 6.20. The van der Waals surface area contributed by atoms with Crippen molar-refractivity contribution in [2.45, 2.75) is 36.1 Å². The van der Waals surface area contributed by atoms with Gasteiger partial charge in [-0.1, -0.05) is 71.3 Å². The number of fused-ring (bicyclic) bond motifs is 1. The van der Waals surface area contributed by atoms with Gasteiger partial charge in [-0.05, 0) is 42.7 Å². The normalized spacial score (nSPS) is 16.7. The number of benzene rings is 2. The highest BCUT2D eigenvalue weighted by Crippen LogP contribution is 2.40. The van der Waals surface area contributed by atoms with Gasteiger partial charge in [0.1, 0.15) is 21.5 Å². The lowest BCUT2D eigenvalue weighted by Gasteiger charge is -2.35. The Balaban J connectivity index is 1.58. The molecule has 1 amide bonds.